The third-order valence-electron chi connectivity index (χ3n) is 6.27. The summed E-state index contributed by atoms with van der Waals surface area (Å²) in [7, 11) is 1.56. The SMILES string of the molecule is COCCOC(=O)C1(Cc2ccccc2)Sc2ccccc2N(CCN2CCCCC2)C1=O. The van der Waals surface area contributed by atoms with E-state index < -0.39 is 10.7 Å². The van der Waals surface area contributed by atoms with Gasteiger partial charge >= 0.3 is 5.97 Å². The molecule has 0 spiro atoms. The van der Waals surface area contributed by atoms with Crippen molar-refractivity contribution in [3.63, 3.8) is 0 Å². The van der Waals surface area contributed by atoms with Gasteiger partial charge in [-0.25, -0.2) is 4.79 Å². The second kappa shape index (κ2) is 11.2. The second-order valence-corrected chi connectivity index (χ2v) is 9.89. The maximum atomic E-state index is 14.1. The average Bonchev–Trinajstić information content (AvgIpc) is 2.85. The van der Waals surface area contributed by atoms with Crippen molar-refractivity contribution in [1.82, 2.24) is 4.90 Å². The van der Waals surface area contributed by atoms with Crippen LogP contribution in [-0.4, -0.2) is 68.0 Å². The van der Waals surface area contributed by atoms with E-state index in [1.54, 1.807) is 12.0 Å². The number of carbonyl (C=O) groups excluding carboxylic acids is 2. The van der Waals surface area contributed by atoms with Crippen LogP contribution in [0.4, 0.5) is 5.69 Å². The van der Waals surface area contributed by atoms with Gasteiger partial charge in [-0.1, -0.05) is 60.6 Å². The van der Waals surface area contributed by atoms with Gasteiger partial charge in [-0.05, 0) is 43.6 Å². The zero-order chi connectivity index (χ0) is 23.1. The van der Waals surface area contributed by atoms with Gasteiger partial charge in [0.1, 0.15) is 6.61 Å². The predicted octanol–water partition coefficient (Wildman–Crippen LogP) is 3.78. The third kappa shape index (κ3) is 5.42. The van der Waals surface area contributed by atoms with Gasteiger partial charge in [0.2, 0.25) is 4.75 Å². The number of thioether (sulfide) groups is 1. The topological polar surface area (TPSA) is 59.1 Å². The highest BCUT2D eigenvalue weighted by molar-refractivity contribution is 8.02. The number of esters is 1. The van der Waals surface area contributed by atoms with Crippen molar-refractivity contribution < 1.29 is 19.1 Å². The summed E-state index contributed by atoms with van der Waals surface area (Å²) in [5.41, 5.74) is 1.80. The zero-order valence-corrected chi connectivity index (χ0v) is 20.0. The molecule has 1 fully saturated rings. The van der Waals surface area contributed by atoms with E-state index in [9.17, 15) is 9.59 Å². The van der Waals surface area contributed by atoms with Crippen LogP contribution in [-0.2, 0) is 25.5 Å². The Balaban J connectivity index is 1.66. The first-order valence-electron chi connectivity index (χ1n) is 11.7. The molecule has 2 heterocycles. The van der Waals surface area contributed by atoms with Crippen LogP contribution in [0.1, 0.15) is 24.8 Å². The molecule has 2 aliphatic rings. The van der Waals surface area contributed by atoms with Gasteiger partial charge in [-0.15, -0.1) is 0 Å². The van der Waals surface area contributed by atoms with Crippen molar-refractivity contribution in [2.75, 3.05) is 51.4 Å². The Morgan fingerprint density at radius 3 is 2.45 bits per heavy atom. The Morgan fingerprint density at radius 1 is 0.970 bits per heavy atom. The molecule has 0 N–H and O–H groups in total. The number of likely N-dealkylation sites (tertiary alicyclic amines) is 1. The number of benzene rings is 2. The lowest BCUT2D eigenvalue weighted by atomic mass is 9.95. The van der Waals surface area contributed by atoms with E-state index in [-0.39, 0.29) is 18.9 Å². The first-order valence-corrected chi connectivity index (χ1v) is 12.5. The highest BCUT2D eigenvalue weighted by atomic mass is 32.2. The van der Waals surface area contributed by atoms with Crippen LogP contribution >= 0.6 is 11.8 Å². The van der Waals surface area contributed by atoms with Gasteiger partial charge in [0.15, 0.2) is 0 Å². The number of amides is 1. The number of piperidine rings is 1. The first-order chi connectivity index (χ1) is 16.1. The fourth-order valence-electron chi connectivity index (χ4n) is 4.50. The molecule has 0 saturated carbocycles. The first kappa shape index (κ1) is 23.8. The Hall–Kier alpha value is -2.35. The highest BCUT2D eigenvalue weighted by Gasteiger charge is 2.54. The number of rotatable bonds is 9. The quantitative estimate of drug-likeness (QED) is 0.317. The molecule has 176 valence electrons. The summed E-state index contributed by atoms with van der Waals surface area (Å²) in [6.45, 7) is 3.89. The molecular weight excluding hydrogens is 436 g/mol. The normalized spacial score (nSPS) is 21.0. The van der Waals surface area contributed by atoms with Crippen molar-refractivity contribution in [2.45, 2.75) is 35.3 Å². The second-order valence-electron chi connectivity index (χ2n) is 8.55. The maximum absolute atomic E-state index is 14.1. The van der Waals surface area contributed by atoms with Crippen LogP contribution < -0.4 is 4.90 Å². The molecule has 0 aliphatic carbocycles. The maximum Gasteiger partial charge on any atom is 0.332 e. The molecule has 1 unspecified atom stereocenters. The van der Waals surface area contributed by atoms with Crippen LogP contribution in [0.25, 0.3) is 0 Å². The minimum atomic E-state index is -1.37. The number of nitrogens with zero attached hydrogens (tertiary/aromatic N) is 2. The van der Waals surface area contributed by atoms with Crippen molar-refractivity contribution in [1.29, 1.82) is 0 Å². The van der Waals surface area contributed by atoms with Crippen molar-refractivity contribution >= 4 is 29.3 Å². The van der Waals surface area contributed by atoms with Crippen molar-refractivity contribution in [2.24, 2.45) is 0 Å². The molecule has 2 aromatic carbocycles. The van der Waals surface area contributed by atoms with E-state index in [2.05, 4.69) is 4.90 Å². The Morgan fingerprint density at radius 2 is 1.70 bits per heavy atom. The van der Waals surface area contributed by atoms with E-state index in [1.165, 1.54) is 31.0 Å². The Bertz CT molecular complexity index is 948. The zero-order valence-electron chi connectivity index (χ0n) is 19.2. The number of hydrogen-bond acceptors (Lipinski definition) is 6. The number of para-hydroxylation sites is 1. The highest BCUT2D eigenvalue weighted by Crippen LogP contribution is 2.47. The van der Waals surface area contributed by atoms with Crippen LogP contribution in [0.5, 0.6) is 0 Å². The summed E-state index contributed by atoms with van der Waals surface area (Å²) in [4.78, 5) is 32.8. The van der Waals surface area contributed by atoms with Crippen molar-refractivity contribution in [3.05, 3.63) is 60.2 Å². The number of anilines is 1. The van der Waals surface area contributed by atoms with Gasteiger partial charge in [-0.2, -0.15) is 0 Å². The lowest BCUT2D eigenvalue weighted by molar-refractivity contribution is -0.150. The Kier molecular flexibility index (Phi) is 8.06. The number of ether oxygens (including phenoxy) is 2. The van der Waals surface area contributed by atoms with Crippen LogP contribution in [0.3, 0.4) is 0 Å². The minimum absolute atomic E-state index is 0.120. The van der Waals surface area contributed by atoms with Gasteiger partial charge in [0.05, 0.1) is 12.3 Å². The molecule has 2 aromatic rings. The van der Waals surface area contributed by atoms with Crippen LogP contribution in [0.15, 0.2) is 59.5 Å². The lowest BCUT2D eigenvalue weighted by Crippen LogP contribution is -2.57. The molecule has 2 aliphatic heterocycles. The van der Waals surface area contributed by atoms with Crippen LogP contribution in [0.2, 0.25) is 0 Å². The standard InChI is InChI=1S/C26H32N2O4S/c1-31-18-19-32-25(30)26(20-21-10-4-2-5-11-21)24(29)28(17-16-27-14-8-3-9-15-27)22-12-6-7-13-23(22)33-26/h2,4-7,10-13H,3,8-9,14-20H2,1H3. The van der Waals surface area contributed by atoms with E-state index in [0.29, 0.717) is 13.2 Å². The molecule has 1 amide bonds. The van der Waals surface area contributed by atoms with Gasteiger partial charge in [0, 0.05) is 31.5 Å². The van der Waals surface area contributed by atoms with Crippen molar-refractivity contribution in [3.8, 4) is 0 Å². The molecule has 4 rings (SSSR count). The molecule has 1 saturated heterocycles. The summed E-state index contributed by atoms with van der Waals surface area (Å²) in [5, 5.41) is 0. The number of fused-ring (bicyclic) bond motifs is 1. The third-order valence-corrected chi connectivity index (χ3v) is 7.66. The van der Waals surface area contributed by atoms with Gasteiger partial charge in [-0.3, -0.25) is 4.79 Å². The Labute approximate surface area is 200 Å². The summed E-state index contributed by atoms with van der Waals surface area (Å²) in [6, 6.07) is 17.6. The predicted molar refractivity (Wildman–Crippen MR) is 131 cm³/mol. The van der Waals surface area contributed by atoms with E-state index in [1.807, 2.05) is 54.6 Å². The summed E-state index contributed by atoms with van der Waals surface area (Å²) < 4.78 is 9.27. The molecule has 33 heavy (non-hydrogen) atoms. The summed E-state index contributed by atoms with van der Waals surface area (Å²) >= 11 is 1.32. The molecule has 0 aromatic heterocycles. The minimum Gasteiger partial charge on any atom is -0.462 e. The molecule has 0 bridgehead atoms. The average molecular weight is 469 g/mol. The lowest BCUT2D eigenvalue weighted by Gasteiger charge is -2.41. The largest absolute Gasteiger partial charge is 0.462 e. The smallest absolute Gasteiger partial charge is 0.332 e. The number of carbonyl (C=O) groups is 2. The summed E-state index contributed by atoms with van der Waals surface area (Å²) in [5.74, 6) is -0.703. The monoisotopic (exact) mass is 468 g/mol. The van der Waals surface area contributed by atoms with Gasteiger partial charge in [0.25, 0.3) is 5.91 Å². The van der Waals surface area contributed by atoms with E-state index in [4.69, 9.17) is 9.47 Å². The fraction of sp³-hybridized carbons (Fsp3) is 0.462. The molecule has 7 heteroatoms. The number of methoxy groups -OCH3 is 1. The fourth-order valence-corrected chi connectivity index (χ4v) is 5.89. The number of hydrogen-bond donors (Lipinski definition) is 0. The molecule has 6 nitrogen and oxygen atoms in total. The summed E-state index contributed by atoms with van der Waals surface area (Å²) in [6.07, 6.45) is 3.94. The van der Waals surface area contributed by atoms with Gasteiger partial charge < -0.3 is 19.3 Å². The van der Waals surface area contributed by atoms with E-state index in [0.717, 1.165) is 35.8 Å². The molecular formula is C26H32N2O4S. The van der Waals surface area contributed by atoms with E-state index >= 15 is 0 Å². The van der Waals surface area contributed by atoms with Crippen LogP contribution in [0, 0.1) is 0 Å². The molecule has 0 radical (unpaired) electrons. The molecule has 1 atom stereocenters.